The van der Waals surface area contributed by atoms with Crippen molar-refractivity contribution >= 4 is 22.8 Å². The maximum Gasteiger partial charge on any atom is 0.356 e. The summed E-state index contributed by atoms with van der Waals surface area (Å²) in [4.78, 5) is 25.8. The molecule has 0 aromatic carbocycles. The number of hydrogen-bond acceptors (Lipinski definition) is 4. The Morgan fingerprint density at radius 1 is 1.55 bits per heavy atom. The zero-order chi connectivity index (χ0) is 15.1. The van der Waals surface area contributed by atoms with E-state index < -0.39 is 16.8 Å². The highest BCUT2D eigenvalue weighted by molar-refractivity contribution is 7.84. The van der Waals surface area contributed by atoms with Crippen molar-refractivity contribution < 1.29 is 18.9 Å². The number of carboxylic acid groups (broad SMARTS) is 1. The van der Waals surface area contributed by atoms with Crippen LogP contribution in [0.1, 0.15) is 17.4 Å². The third-order valence-electron chi connectivity index (χ3n) is 2.37. The normalized spacial score (nSPS) is 13.5. The van der Waals surface area contributed by atoms with Gasteiger partial charge in [0.05, 0.1) is 6.33 Å². The van der Waals surface area contributed by atoms with Crippen LogP contribution >= 0.6 is 0 Å². The van der Waals surface area contributed by atoms with Crippen LogP contribution in [0.3, 0.4) is 0 Å². The molecule has 0 bridgehead atoms. The van der Waals surface area contributed by atoms with Gasteiger partial charge in [-0.2, -0.15) is 0 Å². The number of aromatic nitrogens is 2. The minimum Gasteiger partial charge on any atom is -0.476 e. The molecule has 2 atom stereocenters. The van der Waals surface area contributed by atoms with E-state index in [9.17, 15) is 13.8 Å². The van der Waals surface area contributed by atoms with Crippen molar-refractivity contribution in [3.8, 4) is 0 Å². The van der Waals surface area contributed by atoms with Crippen LogP contribution in [0, 0.1) is 0 Å². The quantitative estimate of drug-likeness (QED) is 0.637. The topological polar surface area (TPSA) is 113 Å². The lowest BCUT2D eigenvalue weighted by atomic mass is 10.4. The zero-order valence-electron chi connectivity index (χ0n) is 11.3. The molecule has 0 aliphatic rings. The molecule has 0 saturated carbocycles. The summed E-state index contributed by atoms with van der Waals surface area (Å²) in [6.45, 7) is 2.53. The van der Waals surface area contributed by atoms with Crippen LogP contribution in [0.15, 0.2) is 12.5 Å². The van der Waals surface area contributed by atoms with Crippen LogP contribution in [-0.2, 0) is 17.3 Å². The van der Waals surface area contributed by atoms with E-state index in [4.69, 9.17) is 5.11 Å². The number of carbonyl (C=O) groups is 2. The van der Waals surface area contributed by atoms with E-state index in [1.54, 1.807) is 17.7 Å². The zero-order valence-corrected chi connectivity index (χ0v) is 12.1. The number of amides is 2. The minimum atomic E-state index is -1.09. The smallest absolute Gasteiger partial charge is 0.356 e. The average molecular weight is 302 g/mol. The van der Waals surface area contributed by atoms with Gasteiger partial charge >= 0.3 is 12.0 Å². The van der Waals surface area contributed by atoms with E-state index in [1.165, 1.54) is 12.5 Å². The fourth-order valence-electron chi connectivity index (χ4n) is 1.56. The minimum absolute atomic E-state index is 0.0338. The number of urea groups is 1. The number of carbonyl (C=O) groups excluding carboxylic acids is 1. The van der Waals surface area contributed by atoms with E-state index in [2.05, 4.69) is 15.6 Å². The van der Waals surface area contributed by atoms with Crippen molar-refractivity contribution in [2.24, 2.45) is 0 Å². The Bertz CT molecular complexity index is 502. The lowest BCUT2D eigenvalue weighted by Gasteiger charge is -2.13. The number of rotatable bonds is 7. The maximum absolute atomic E-state index is 11.5. The first-order valence-electron chi connectivity index (χ1n) is 5.98. The number of nitrogens with one attached hydrogen (secondary N) is 2. The third-order valence-corrected chi connectivity index (χ3v) is 3.34. The SMILES string of the molecule is CC(CS(C)=O)NC(=O)NCCn1cnc(C(=O)O)c1. The molecule has 1 heterocycles. The molecule has 0 aliphatic heterocycles. The Labute approximate surface area is 119 Å². The highest BCUT2D eigenvalue weighted by Crippen LogP contribution is 1.95. The van der Waals surface area contributed by atoms with Gasteiger partial charge in [0.15, 0.2) is 5.69 Å². The molecule has 2 unspecified atom stereocenters. The van der Waals surface area contributed by atoms with Gasteiger partial charge in [-0.15, -0.1) is 0 Å². The molecule has 3 N–H and O–H groups in total. The molecule has 0 saturated heterocycles. The summed E-state index contributed by atoms with van der Waals surface area (Å²) in [7, 11) is -0.960. The van der Waals surface area contributed by atoms with Gasteiger partial charge in [-0.1, -0.05) is 0 Å². The Hall–Kier alpha value is -1.90. The summed E-state index contributed by atoms with van der Waals surface area (Å²) in [5.74, 6) is -0.687. The number of nitrogens with zero attached hydrogens (tertiary/aromatic N) is 2. The number of aromatic carboxylic acids is 1. The molecule has 8 nitrogen and oxygen atoms in total. The summed E-state index contributed by atoms with van der Waals surface area (Å²) in [5, 5.41) is 14.0. The fourth-order valence-corrected chi connectivity index (χ4v) is 2.35. The fraction of sp³-hybridized carbons (Fsp3) is 0.545. The Kier molecular flexibility index (Phi) is 6.16. The molecule has 1 aromatic heterocycles. The Morgan fingerprint density at radius 3 is 2.80 bits per heavy atom. The van der Waals surface area contributed by atoms with Crippen molar-refractivity contribution in [2.75, 3.05) is 18.6 Å². The van der Waals surface area contributed by atoms with E-state index in [1.807, 2.05) is 0 Å². The molecule has 2 amide bonds. The maximum atomic E-state index is 11.5. The third kappa shape index (κ3) is 5.83. The Balaban J connectivity index is 2.27. The monoisotopic (exact) mass is 302 g/mol. The lowest BCUT2D eigenvalue weighted by molar-refractivity contribution is 0.0691. The molecule has 0 fully saturated rings. The van der Waals surface area contributed by atoms with Gasteiger partial charge in [-0.05, 0) is 6.92 Å². The number of carboxylic acids is 1. The second-order valence-corrected chi connectivity index (χ2v) is 5.82. The van der Waals surface area contributed by atoms with Gasteiger partial charge in [-0.25, -0.2) is 14.6 Å². The van der Waals surface area contributed by atoms with Gasteiger partial charge < -0.3 is 20.3 Å². The molecular weight excluding hydrogens is 284 g/mol. The first-order valence-corrected chi connectivity index (χ1v) is 7.70. The van der Waals surface area contributed by atoms with Crippen LogP contribution in [0.2, 0.25) is 0 Å². The van der Waals surface area contributed by atoms with Crippen LogP contribution in [-0.4, -0.2) is 55.5 Å². The predicted octanol–water partition coefficient (Wildman–Crippen LogP) is -0.352. The highest BCUT2D eigenvalue weighted by atomic mass is 32.2. The van der Waals surface area contributed by atoms with Crippen LogP contribution < -0.4 is 10.6 Å². The van der Waals surface area contributed by atoms with Crippen molar-refractivity contribution in [3.05, 3.63) is 18.2 Å². The molecule has 112 valence electrons. The summed E-state index contributed by atoms with van der Waals surface area (Å²) in [5.41, 5.74) is -0.0338. The van der Waals surface area contributed by atoms with Gasteiger partial charge in [0.25, 0.3) is 0 Å². The second-order valence-electron chi connectivity index (χ2n) is 4.34. The Morgan fingerprint density at radius 2 is 2.25 bits per heavy atom. The van der Waals surface area contributed by atoms with Gasteiger partial charge in [0.1, 0.15) is 0 Å². The molecule has 1 aromatic rings. The van der Waals surface area contributed by atoms with Crippen LogP contribution in [0.4, 0.5) is 4.79 Å². The van der Waals surface area contributed by atoms with Crippen LogP contribution in [0.25, 0.3) is 0 Å². The summed E-state index contributed by atoms with van der Waals surface area (Å²) in [6, 6.07) is -0.519. The molecule has 0 spiro atoms. The summed E-state index contributed by atoms with van der Waals surface area (Å²) < 4.78 is 12.6. The first kappa shape index (κ1) is 16.2. The molecule has 20 heavy (non-hydrogen) atoms. The van der Waals surface area contributed by atoms with Crippen LogP contribution in [0.5, 0.6) is 0 Å². The standard InChI is InChI=1S/C11H18N4O4S/c1-8(6-20(2)19)14-11(18)12-3-4-15-5-9(10(16)17)13-7-15/h5,7-8H,3-4,6H2,1-2H3,(H,16,17)(H2,12,14,18). The average Bonchev–Trinajstić information content (AvgIpc) is 2.76. The molecular formula is C11H18N4O4S. The first-order chi connectivity index (χ1) is 9.38. The lowest BCUT2D eigenvalue weighted by Crippen LogP contribution is -2.43. The van der Waals surface area contributed by atoms with Gasteiger partial charge in [0.2, 0.25) is 0 Å². The van der Waals surface area contributed by atoms with E-state index >= 15 is 0 Å². The van der Waals surface area contributed by atoms with Crippen molar-refractivity contribution in [1.82, 2.24) is 20.2 Å². The predicted molar refractivity (Wildman–Crippen MR) is 74.1 cm³/mol. The number of hydrogen-bond donors (Lipinski definition) is 3. The van der Waals surface area contributed by atoms with E-state index in [0.717, 1.165) is 0 Å². The van der Waals surface area contributed by atoms with Crippen molar-refractivity contribution in [2.45, 2.75) is 19.5 Å². The van der Waals surface area contributed by atoms with E-state index in [-0.39, 0.29) is 17.8 Å². The molecule has 1 rings (SSSR count). The highest BCUT2D eigenvalue weighted by Gasteiger charge is 2.09. The second kappa shape index (κ2) is 7.63. The molecule has 0 aliphatic carbocycles. The summed E-state index contributed by atoms with van der Waals surface area (Å²) >= 11 is 0. The summed E-state index contributed by atoms with van der Waals surface area (Å²) in [6.07, 6.45) is 4.37. The number of imidazole rings is 1. The van der Waals surface area contributed by atoms with Crippen molar-refractivity contribution in [1.29, 1.82) is 0 Å². The van der Waals surface area contributed by atoms with Crippen molar-refractivity contribution in [3.63, 3.8) is 0 Å². The molecule has 9 heteroatoms. The van der Waals surface area contributed by atoms with Gasteiger partial charge in [-0.3, -0.25) is 4.21 Å². The van der Waals surface area contributed by atoms with Gasteiger partial charge in [0, 0.05) is 48.1 Å². The molecule has 0 radical (unpaired) electrons. The van der Waals surface area contributed by atoms with E-state index in [0.29, 0.717) is 18.8 Å². The largest absolute Gasteiger partial charge is 0.476 e.